The first-order chi connectivity index (χ1) is 9.54. The third-order valence-electron chi connectivity index (χ3n) is 3.59. The lowest BCUT2D eigenvalue weighted by molar-refractivity contribution is 0.0607. The Bertz CT molecular complexity index is 521. The molecule has 1 aliphatic carbocycles. The molecule has 0 saturated heterocycles. The molecule has 1 fully saturated rings. The Hall–Kier alpha value is -1.76. The van der Waals surface area contributed by atoms with Gasteiger partial charge in [-0.3, -0.25) is 4.79 Å². The normalized spacial score (nSPS) is 15.2. The fourth-order valence-corrected chi connectivity index (χ4v) is 3.56. The molecule has 2 rings (SSSR count). The first-order valence-electron chi connectivity index (χ1n) is 6.58. The summed E-state index contributed by atoms with van der Waals surface area (Å²) in [5, 5.41) is 3.76. The summed E-state index contributed by atoms with van der Waals surface area (Å²) in [5.41, 5.74) is 11.5. The number of carbonyl (C=O) groups excluding carboxylic acids is 2. The van der Waals surface area contributed by atoms with Gasteiger partial charge in [-0.15, -0.1) is 11.3 Å². The first-order valence-corrected chi connectivity index (χ1v) is 7.40. The fourth-order valence-electron chi connectivity index (χ4n) is 2.51. The van der Waals surface area contributed by atoms with E-state index in [-0.39, 0.29) is 16.1 Å². The van der Waals surface area contributed by atoms with Crippen molar-refractivity contribution >= 4 is 33.9 Å². The van der Waals surface area contributed by atoms with Crippen molar-refractivity contribution in [3.05, 3.63) is 10.4 Å². The summed E-state index contributed by atoms with van der Waals surface area (Å²) in [6, 6.07) is 0. The van der Waals surface area contributed by atoms with Crippen LogP contribution in [0, 0.1) is 5.92 Å². The number of hydrogen-bond acceptors (Lipinski definition) is 6. The van der Waals surface area contributed by atoms with E-state index in [0.29, 0.717) is 10.9 Å². The van der Waals surface area contributed by atoms with Gasteiger partial charge in [0.25, 0.3) is 5.91 Å². The summed E-state index contributed by atoms with van der Waals surface area (Å²) in [6.45, 7) is 0.765. The number of thiophene rings is 1. The molecular formula is C13H19N3O3S. The Morgan fingerprint density at radius 2 is 2.05 bits per heavy atom. The second-order valence-electron chi connectivity index (χ2n) is 4.94. The van der Waals surface area contributed by atoms with Crippen LogP contribution in [0.4, 0.5) is 10.7 Å². The Morgan fingerprint density at radius 1 is 1.40 bits per heavy atom. The second-order valence-corrected chi connectivity index (χ2v) is 5.96. The summed E-state index contributed by atoms with van der Waals surface area (Å²) < 4.78 is 4.65. The number of esters is 1. The zero-order chi connectivity index (χ0) is 14.7. The summed E-state index contributed by atoms with van der Waals surface area (Å²) in [6.07, 6.45) is 4.86. The number of nitrogens with one attached hydrogen (secondary N) is 1. The van der Waals surface area contributed by atoms with Gasteiger partial charge in [0.05, 0.1) is 18.4 Å². The van der Waals surface area contributed by atoms with Gasteiger partial charge in [-0.1, -0.05) is 12.8 Å². The Balaban J connectivity index is 2.21. The van der Waals surface area contributed by atoms with Gasteiger partial charge in [0.15, 0.2) is 0 Å². The van der Waals surface area contributed by atoms with Crippen molar-refractivity contribution in [1.29, 1.82) is 0 Å². The average Bonchev–Trinajstić information content (AvgIpc) is 3.02. The number of anilines is 2. The number of nitrogen functional groups attached to an aromatic ring is 1. The van der Waals surface area contributed by atoms with E-state index in [1.807, 2.05) is 0 Å². The topological polar surface area (TPSA) is 107 Å². The van der Waals surface area contributed by atoms with Gasteiger partial charge in [0.2, 0.25) is 0 Å². The first kappa shape index (κ1) is 14.6. The minimum atomic E-state index is -0.636. The monoisotopic (exact) mass is 297 g/mol. The van der Waals surface area contributed by atoms with E-state index in [0.717, 1.165) is 17.9 Å². The maximum absolute atomic E-state index is 11.6. The van der Waals surface area contributed by atoms with Crippen LogP contribution in [0.15, 0.2) is 0 Å². The van der Waals surface area contributed by atoms with Crippen LogP contribution < -0.4 is 16.8 Å². The second kappa shape index (κ2) is 6.13. The van der Waals surface area contributed by atoms with Crippen LogP contribution in [0.3, 0.4) is 0 Å². The molecule has 1 saturated carbocycles. The van der Waals surface area contributed by atoms with E-state index in [9.17, 15) is 9.59 Å². The van der Waals surface area contributed by atoms with Gasteiger partial charge in [0.1, 0.15) is 9.88 Å². The lowest BCUT2D eigenvalue weighted by atomic mass is 10.1. The number of amides is 1. The van der Waals surface area contributed by atoms with E-state index in [1.54, 1.807) is 0 Å². The molecule has 0 spiro atoms. The number of primary amides is 1. The van der Waals surface area contributed by atoms with Gasteiger partial charge < -0.3 is 21.5 Å². The number of ether oxygens (including phenoxy) is 1. The number of nitrogens with two attached hydrogens (primary N) is 2. The number of hydrogen-bond donors (Lipinski definition) is 3. The molecular weight excluding hydrogens is 278 g/mol. The zero-order valence-electron chi connectivity index (χ0n) is 11.4. The van der Waals surface area contributed by atoms with E-state index in [2.05, 4.69) is 10.1 Å². The van der Waals surface area contributed by atoms with Crippen molar-refractivity contribution < 1.29 is 14.3 Å². The van der Waals surface area contributed by atoms with Gasteiger partial charge in [-0.05, 0) is 18.8 Å². The predicted octanol–water partition coefficient (Wildman–Crippen LogP) is 1.82. The molecule has 0 unspecified atom stereocenters. The Morgan fingerprint density at radius 3 is 2.60 bits per heavy atom. The minimum absolute atomic E-state index is 0.100. The van der Waals surface area contributed by atoms with Crippen LogP contribution in [-0.2, 0) is 4.74 Å². The molecule has 1 heterocycles. The maximum atomic E-state index is 11.6. The molecule has 1 aromatic rings. The summed E-state index contributed by atoms with van der Waals surface area (Å²) >= 11 is 1.12. The molecule has 6 nitrogen and oxygen atoms in total. The van der Waals surface area contributed by atoms with Gasteiger partial charge >= 0.3 is 5.97 Å². The molecule has 110 valence electrons. The highest BCUT2D eigenvalue weighted by Crippen LogP contribution is 2.36. The van der Waals surface area contributed by atoms with E-state index < -0.39 is 11.9 Å². The number of rotatable bonds is 5. The van der Waals surface area contributed by atoms with Gasteiger partial charge in [0, 0.05) is 6.54 Å². The largest absolute Gasteiger partial charge is 0.465 e. The highest BCUT2D eigenvalue weighted by Gasteiger charge is 2.25. The highest BCUT2D eigenvalue weighted by atomic mass is 32.1. The predicted molar refractivity (Wildman–Crippen MR) is 79.0 cm³/mol. The van der Waals surface area contributed by atoms with Crippen LogP contribution in [-0.4, -0.2) is 25.5 Å². The van der Waals surface area contributed by atoms with E-state index >= 15 is 0 Å². The maximum Gasteiger partial charge on any atom is 0.350 e. The van der Waals surface area contributed by atoms with Crippen molar-refractivity contribution in [3.63, 3.8) is 0 Å². The molecule has 0 bridgehead atoms. The smallest absolute Gasteiger partial charge is 0.350 e. The van der Waals surface area contributed by atoms with Crippen molar-refractivity contribution in [2.75, 3.05) is 24.7 Å². The van der Waals surface area contributed by atoms with Crippen LogP contribution in [0.25, 0.3) is 0 Å². The van der Waals surface area contributed by atoms with Crippen molar-refractivity contribution in [2.24, 2.45) is 11.7 Å². The Labute approximate surface area is 121 Å². The third-order valence-corrected chi connectivity index (χ3v) is 4.73. The molecule has 1 aromatic heterocycles. The summed E-state index contributed by atoms with van der Waals surface area (Å²) in [7, 11) is 1.27. The molecule has 0 aliphatic heterocycles. The molecule has 0 aromatic carbocycles. The van der Waals surface area contributed by atoms with Gasteiger partial charge in [-0.25, -0.2) is 4.79 Å². The quantitative estimate of drug-likeness (QED) is 0.718. The van der Waals surface area contributed by atoms with E-state index in [4.69, 9.17) is 11.5 Å². The molecule has 0 atom stereocenters. The lowest BCUT2D eigenvalue weighted by Gasteiger charge is -2.11. The van der Waals surface area contributed by atoms with Crippen molar-refractivity contribution in [1.82, 2.24) is 0 Å². The summed E-state index contributed by atoms with van der Waals surface area (Å²) in [4.78, 5) is 23.3. The molecule has 1 aliphatic rings. The van der Waals surface area contributed by atoms with Crippen LogP contribution >= 0.6 is 11.3 Å². The molecule has 20 heavy (non-hydrogen) atoms. The molecule has 1 amide bonds. The molecule has 5 N–H and O–H groups in total. The zero-order valence-corrected chi connectivity index (χ0v) is 12.2. The average molecular weight is 297 g/mol. The minimum Gasteiger partial charge on any atom is -0.465 e. The highest BCUT2D eigenvalue weighted by molar-refractivity contribution is 7.19. The number of methoxy groups -OCH3 is 1. The van der Waals surface area contributed by atoms with Crippen LogP contribution in [0.1, 0.15) is 45.7 Å². The lowest BCUT2D eigenvalue weighted by Crippen LogP contribution is -2.17. The van der Waals surface area contributed by atoms with Crippen molar-refractivity contribution in [2.45, 2.75) is 25.7 Å². The van der Waals surface area contributed by atoms with E-state index in [1.165, 1.54) is 32.8 Å². The Kier molecular flexibility index (Phi) is 4.49. The van der Waals surface area contributed by atoms with Crippen molar-refractivity contribution in [3.8, 4) is 0 Å². The fraction of sp³-hybridized carbons (Fsp3) is 0.538. The van der Waals surface area contributed by atoms with Crippen LogP contribution in [0.2, 0.25) is 0 Å². The standard InChI is InChI=1S/C13H19N3O3S/c1-19-13(18)10-9(14)8(11(15)17)12(20-10)16-6-7-4-2-3-5-7/h7,16H,2-6,14H2,1H3,(H2,15,17). The molecule has 0 radical (unpaired) electrons. The summed E-state index contributed by atoms with van der Waals surface area (Å²) in [5.74, 6) is -0.590. The third kappa shape index (κ3) is 2.87. The molecule has 7 heteroatoms. The number of carbonyl (C=O) groups is 2. The SMILES string of the molecule is COC(=O)c1sc(NCC2CCCC2)c(C(N)=O)c1N. The van der Waals surface area contributed by atoms with Gasteiger partial charge in [-0.2, -0.15) is 0 Å². The van der Waals surface area contributed by atoms with Crippen LogP contribution in [0.5, 0.6) is 0 Å².